The summed E-state index contributed by atoms with van der Waals surface area (Å²) in [6.07, 6.45) is 0.866. The second-order valence-corrected chi connectivity index (χ2v) is 7.73. The molecule has 1 N–H and O–H groups in total. The topological polar surface area (TPSA) is 73.2 Å². The van der Waals surface area contributed by atoms with E-state index in [0.29, 0.717) is 17.0 Å². The Morgan fingerprint density at radius 2 is 1.71 bits per heavy atom. The summed E-state index contributed by atoms with van der Waals surface area (Å²) in [5.74, 6) is -0.565. The van der Waals surface area contributed by atoms with E-state index >= 15 is 0 Å². The minimum Gasteiger partial charge on any atom is -0.497 e. The van der Waals surface area contributed by atoms with Crippen LogP contribution in [0.2, 0.25) is 0 Å². The summed E-state index contributed by atoms with van der Waals surface area (Å²) >= 11 is 0. The van der Waals surface area contributed by atoms with Crippen molar-refractivity contribution in [3.05, 3.63) is 106 Å². The molecule has 6 nitrogen and oxygen atoms in total. The van der Waals surface area contributed by atoms with E-state index in [1.165, 1.54) is 22.9 Å². The summed E-state index contributed by atoms with van der Waals surface area (Å²) in [4.78, 5) is 26.4. The smallest absolute Gasteiger partial charge is 0.259 e. The molecule has 1 aromatic heterocycles. The van der Waals surface area contributed by atoms with Crippen molar-refractivity contribution in [2.45, 2.75) is 20.3 Å². The molecule has 4 rings (SSSR count). The molecule has 0 unspecified atom stereocenters. The van der Waals surface area contributed by atoms with Gasteiger partial charge in [-0.05, 0) is 60.9 Å². The maximum absolute atomic E-state index is 14.3. The largest absolute Gasteiger partial charge is 0.497 e. The zero-order chi connectivity index (χ0) is 24.2. The van der Waals surface area contributed by atoms with Crippen LogP contribution >= 0.6 is 0 Å². The van der Waals surface area contributed by atoms with Crippen LogP contribution in [-0.4, -0.2) is 22.8 Å². The molecule has 1 amide bonds. The van der Waals surface area contributed by atoms with Gasteiger partial charge in [-0.25, -0.2) is 9.07 Å². The molecule has 0 aliphatic rings. The Bertz CT molecular complexity index is 1390. The van der Waals surface area contributed by atoms with Crippen LogP contribution in [-0.2, 0) is 6.42 Å². The third kappa shape index (κ3) is 4.45. The Balaban J connectivity index is 1.95. The molecule has 0 aliphatic carbocycles. The van der Waals surface area contributed by atoms with E-state index in [2.05, 4.69) is 17.3 Å². The fourth-order valence-corrected chi connectivity index (χ4v) is 3.66. The number of nitrogens with zero attached hydrogens (tertiary/aromatic N) is 2. The van der Waals surface area contributed by atoms with Gasteiger partial charge in [0.2, 0.25) is 5.43 Å². The van der Waals surface area contributed by atoms with Crippen LogP contribution in [0.4, 0.5) is 10.2 Å². The molecule has 4 aromatic rings. The van der Waals surface area contributed by atoms with Gasteiger partial charge in [0.1, 0.15) is 23.1 Å². The number of anilines is 1. The fourth-order valence-electron chi connectivity index (χ4n) is 3.66. The molecule has 0 aliphatic heterocycles. The first-order valence-electron chi connectivity index (χ1n) is 10.9. The lowest BCUT2D eigenvalue weighted by Gasteiger charge is -2.19. The van der Waals surface area contributed by atoms with Crippen molar-refractivity contribution in [1.29, 1.82) is 0 Å². The molecule has 0 atom stereocenters. The number of nitrogens with one attached hydrogen (secondary N) is 1. The second kappa shape index (κ2) is 9.70. The van der Waals surface area contributed by atoms with Crippen molar-refractivity contribution < 1.29 is 13.9 Å². The third-order valence-electron chi connectivity index (χ3n) is 5.57. The number of aryl methyl sites for hydroxylation is 2. The number of amides is 1. The fraction of sp³-hybridized carbons (Fsp3) is 0.148. The lowest BCUT2D eigenvalue weighted by atomic mass is 10.0. The predicted octanol–water partition coefficient (Wildman–Crippen LogP) is 5.17. The molecule has 34 heavy (non-hydrogen) atoms. The molecular weight excluding hydrogens is 433 g/mol. The molecule has 0 fully saturated rings. The van der Waals surface area contributed by atoms with Crippen LogP contribution in [0.25, 0.3) is 16.8 Å². The Morgan fingerprint density at radius 1 is 1.03 bits per heavy atom. The van der Waals surface area contributed by atoms with Gasteiger partial charge in [-0.2, -0.15) is 5.10 Å². The Labute approximate surface area is 196 Å². The highest BCUT2D eigenvalue weighted by molar-refractivity contribution is 6.06. The zero-order valence-corrected chi connectivity index (χ0v) is 19.1. The number of aromatic nitrogens is 2. The van der Waals surface area contributed by atoms with E-state index in [9.17, 15) is 14.0 Å². The number of ether oxygens (including phenoxy) is 1. The van der Waals surface area contributed by atoms with E-state index in [1.54, 1.807) is 44.4 Å². The van der Waals surface area contributed by atoms with E-state index in [-0.39, 0.29) is 28.1 Å². The molecule has 0 saturated heterocycles. The first-order valence-corrected chi connectivity index (χ1v) is 10.9. The van der Waals surface area contributed by atoms with Gasteiger partial charge >= 0.3 is 0 Å². The minimum atomic E-state index is -0.683. The van der Waals surface area contributed by atoms with Crippen LogP contribution in [0.3, 0.4) is 0 Å². The molecule has 0 bridgehead atoms. The second-order valence-electron chi connectivity index (χ2n) is 7.73. The van der Waals surface area contributed by atoms with Gasteiger partial charge < -0.3 is 10.1 Å². The van der Waals surface area contributed by atoms with Gasteiger partial charge in [0.05, 0.1) is 23.9 Å². The minimum absolute atomic E-state index is 0.135. The van der Waals surface area contributed by atoms with Crippen molar-refractivity contribution in [1.82, 2.24) is 9.78 Å². The number of halogens is 1. The van der Waals surface area contributed by atoms with E-state index in [0.717, 1.165) is 12.0 Å². The average Bonchev–Trinajstić information content (AvgIpc) is 2.86. The maximum atomic E-state index is 14.3. The summed E-state index contributed by atoms with van der Waals surface area (Å²) in [6, 6.07) is 20.3. The van der Waals surface area contributed by atoms with Crippen molar-refractivity contribution in [3.8, 4) is 22.6 Å². The summed E-state index contributed by atoms with van der Waals surface area (Å²) in [5.41, 5.74) is 2.39. The highest BCUT2D eigenvalue weighted by Gasteiger charge is 2.22. The van der Waals surface area contributed by atoms with Crippen molar-refractivity contribution in [3.63, 3.8) is 0 Å². The predicted molar refractivity (Wildman–Crippen MR) is 130 cm³/mol. The van der Waals surface area contributed by atoms with Crippen molar-refractivity contribution >= 4 is 11.7 Å². The van der Waals surface area contributed by atoms with E-state index in [1.807, 2.05) is 24.3 Å². The summed E-state index contributed by atoms with van der Waals surface area (Å²) in [7, 11) is 1.55. The number of carbonyl (C=O) groups excluding carboxylic acids is 1. The van der Waals surface area contributed by atoms with Crippen LogP contribution in [0.15, 0.2) is 77.6 Å². The van der Waals surface area contributed by atoms with Crippen LogP contribution < -0.4 is 15.5 Å². The SMILES string of the molecule is CCc1ccc(-n2nc(C)c(=O)c(-c3ccc(OC)cc3)c2NC(=O)c2ccccc2F)cc1. The standard InChI is InChI=1S/C27H24FN3O3/c1-4-18-9-13-20(14-10-18)31-26(29-27(33)22-7-5-6-8-23(22)28)24(25(32)17(2)30-31)19-11-15-21(34-3)16-12-19/h5-16H,4H2,1-3H3,(H,29,33). The van der Waals surface area contributed by atoms with Gasteiger partial charge in [-0.1, -0.05) is 43.3 Å². The van der Waals surface area contributed by atoms with Crippen molar-refractivity contribution in [2.75, 3.05) is 12.4 Å². The molecule has 1 heterocycles. The molecule has 7 heteroatoms. The van der Waals surface area contributed by atoms with Gasteiger partial charge in [-0.15, -0.1) is 0 Å². The summed E-state index contributed by atoms with van der Waals surface area (Å²) < 4.78 is 21.1. The van der Waals surface area contributed by atoms with Crippen LogP contribution in [0, 0.1) is 12.7 Å². The zero-order valence-electron chi connectivity index (χ0n) is 19.1. The quantitative estimate of drug-likeness (QED) is 0.434. The lowest BCUT2D eigenvalue weighted by Crippen LogP contribution is -2.25. The van der Waals surface area contributed by atoms with Crippen LogP contribution in [0.1, 0.15) is 28.5 Å². The molecule has 0 spiro atoms. The van der Waals surface area contributed by atoms with Gasteiger partial charge in [-0.3, -0.25) is 9.59 Å². The highest BCUT2D eigenvalue weighted by Crippen LogP contribution is 2.29. The Hall–Kier alpha value is -4.26. The Kier molecular flexibility index (Phi) is 6.54. The summed E-state index contributed by atoms with van der Waals surface area (Å²) in [6.45, 7) is 3.67. The first-order chi connectivity index (χ1) is 16.4. The number of carbonyl (C=O) groups is 1. The van der Waals surface area contributed by atoms with Gasteiger partial charge in [0.15, 0.2) is 0 Å². The monoisotopic (exact) mass is 457 g/mol. The third-order valence-corrected chi connectivity index (χ3v) is 5.57. The number of rotatable bonds is 6. The number of hydrogen-bond donors (Lipinski definition) is 1. The molecule has 0 radical (unpaired) electrons. The molecular formula is C27H24FN3O3. The summed E-state index contributed by atoms with van der Waals surface area (Å²) in [5, 5.41) is 7.21. The normalized spacial score (nSPS) is 10.7. The highest BCUT2D eigenvalue weighted by atomic mass is 19.1. The van der Waals surface area contributed by atoms with Crippen LogP contribution in [0.5, 0.6) is 5.75 Å². The molecule has 0 saturated carbocycles. The molecule has 172 valence electrons. The average molecular weight is 458 g/mol. The van der Waals surface area contributed by atoms with E-state index in [4.69, 9.17) is 4.74 Å². The Morgan fingerprint density at radius 3 is 2.32 bits per heavy atom. The number of benzene rings is 3. The lowest BCUT2D eigenvalue weighted by molar-refractivity contribution is 0.102. The van der Waals surface area contributed by atoms with Crippen molar-refractivity contribution in [2.24, 2.45) is 0 Å². The number of methoxy groups -OCH3 is 1. The van der Waals surface area contributed by atoms with E-state index < -0.39 is 11.7 Å². The van der Waals surface area contributed by atoms with Gasteiger partial charge in [0.25, 0.3) is 5.91 Å². The first kappa shape index (κ1) is 22.9. The molecule has 3 aromatic carbocycles. The maximum Gasteiger partial charge on any atom is 0.259 e. The van der Waals surface area contributed by atoms with Gasteiger partial charge in [0, 0.05) is 0 Å². The number of hydrogen-bond acceptors (Lipinski definition) is 4.